The predicted octanol–water partition coefficient (Wildman–Crippen LogP) is 1.64. The molecule has 0 amide bonds. The third-order valence-electron chi connectivity index (χ3n) is 4.66. The Labute approximate surface area is 193 Å². The number of ketones is 2. The van der Waals surface area contributed by atoms with Crippen molar-refractivity contribution in [2.75, 3.05) is 14.2 Å². The minimum absolute atomic E-state index is 0.00655. The van der Waals surface area contributed by atoms with Crippen LogP contribution in [0.25, 0.3) is 0 Å². The largest absolute Gasteiger partial charge is 0.465 e. The molecule has 34 heavy (non-hydrogen) atoms. The van der Waals surface area contributed by atoms with Crippen molar-refractivity contribution in [2.24, 2.45) is 11.5 Å². The summed E-state index contributed by atoms with van der Waals surface area (Å²) < 4.78 is 9.17. The van der Waals surface area contributed by atoms with Gasteiger partial charge in [0.25, 0.3) is 0 Å². The number of nitrogens with two attached hydrogens (primary N) is 2. The molecule has 10 heteroatoms. The third kappa shape index (κ3) is 5.49. The van der Waals surface area contributed by atoms with Gasteiger partial charge in [-0.15, -0.1) is 0 Å². The van der Waals surface area contributed by atoms with Crippen LogP contribution in [0.2, 0.25) is 0 Å². The highest BCUT2D eigenvalue weighted by Crippen LogP contribution is 2.16. The summed E-state index contributed by atoms with van der Waals surface area (Å²) in [5.41, 5.74) is 10.9. The Morgan fingerprint density at radius 1 is 0.676 bits per heavy atom. The number of esters is 2. The van der Waals surface area contributed by atoms with Crippen molar-refractivity contribution >= 4 is 36.1 Å². The molecule has 0 heterocycles. The van der Waals surface area contributed by atoms with Gasteiger partial charge in [-0.1, -0.05) is 18.2 Å². The number of methoxy groups -OCH3 is 2. The van der Waals surface area contributed by atoms with Crippen LogP contribution < -0.4 is 11.5 Å². The molecule has 0 aliphatic carbocycles. The van der Waals surface area contributed by atoms with E-state index >= 15 is 0 Å². The topological polar surface area (TPSA) is 173 Å². The molecular weight excluding hydrogens is 444 g/mol. The van der Waals surface area contributed by atoms with Crippen LogP contribution in [-0.4, -0.2) is 50.3 Å². The number of ether oxygens (including phenoxy) is 2. The van der Waals surface area contributed by atoms with Crippen molar-refractivity contribution in [3.63, 3.8) is 0 Å². The van der Waals surface area contributed by atoms with E-state index in [0.717, 1.165) is 26.4 Å². The quantitative estimate of drug-likeness (QED) is 0.182. The lowest BCUT2D eigenvalue weighted by atomic mass is 10.00. The smallest absolute Gasteiger partial charge is 0.338 e. The van der Waals surface area contributed by atoms with Gasteiger partial charge in [0.05, 0.1) is 36.7 Å². The van der Waals surface area contributed by atoms with Gasteiger partial charge in [0, 0.05) is 22.3 Å². The van der Waals surface area contributed by atoms with Crippen LogP contribution in [-0.2, 0) is 9.47 Å². The number of Topliss-reactive ketones (excluding diaryl/α,β-unsaturated/α-hetero) is 2. The number of rotatable bonds is 9. The van der Waals surface area contributed by atoms with Crippen LogP contribution in [0.3, 0.4) is 0 Å². The van der Waals surface area contributed by atoms with Crippen LogP contribution in [0.5, 0.6) is 0 Å². The third-order valence-corrected chi connectivity index (χ3v) is 4.66. The molecule has 2 rings (SSSR count). The van der Waals surface area contributed by atoms with E-state index < -0.39 is 23.5 Å². The zero-order valence-electron chi connectivity index (χ0n) is 18.2. The summed E-state index contributed by atoms with van der Waals surface area (Å²) in [6.07, 6.45) is 3.05. The molecule has 0 saturated heterocycles. The summed E-state index contributed by atoms with van der Waals surface area (Å²) in [6, 6.07) is 7.48. The second-order valence-corrected chi connectivity index (χ2v) is 6.73. The van der Waals surface area contributed by atoms with Crippen molar-refractivity contribution in [3.05, 3.63) is 93.3 Å². The molecule has 0 fully saturated rings. The first-order valence-corrected chi connectivity index (χ1v) is 9.55. The SMILES string of the molecule is COC(=O)c1ccc(C(=O)/C(N)=C/C=C(\N)C(=O)c2ccc(C=O)c(C(=O)OC)c2)cc1C=O. The molecule has 0 spiro atoms. The minimum atomic E-state index is -0.804. The van der Waals surface area contributed by atoms with Gasteiger partial charge in [0.1, 0.15) is 0 Å². The molecule has 0 saturated carbocycles. The summed E-state index contributed by atoms with van der Waals surface area (Å²) in [4.78, 5) is 71.1. The molecular formula is C24H20N2O8. The number of allylic oxidation sites excluding steroid dienone is 4. The molecule has 0 unspecified atom stereocenters. The molecule has 2 aromatic carbocycles. The molecule has 0 aliphatic heterocycles. The maximum Gasteiger partial charge on any atom is 0.338 e. The van der Waals surface area contributed by atoms with Crippen molar-refractivity contribution in [1.29, 1.82) is 0 Å². The fourth-order valence-electron chi connectivity index (χ4n) is 2.85. The monoisotopic (exact) mass is 464 g/mol. The lowest BCUT2D eigenvalue weighted by molar-refractivity contribution is 0.0590. The van der Waals surface area contributed by atoms with Gasteiger partial charge >= 0.3 is 11.9 Å². The van der Waals surface area contributed by atoms with Gasteiger partial charge in [-0.3, -0.25) is 19.2 Å². The highest BCUT2D eigenvalue weighted by molar-refractivity contribution is 6.12. The van der Waals surface area contributed by atoms with Gasteiger partial charge in [-0.25, -0.2) is 9.59 Å². The zero-order chi connectivity index (χ0) is 25.4. The van der Waals surface area contributed by atoms with E-state index in [4.69, 9.17) is 11.5 Å². The number of carbonyl (C=O) groups is 6. The second kappa shape index (κ2) is 11.1. The van der Waals surface area contributed by atoms with Crippen LogP contribution in [0.4, 0.5) is 0 Å². The highest BCUT2D eigenvalue weighted by Gasteiger charge is 2.18. The van der Waals surface area contributed by atoms with E-state index in [9.17, 15) is 28.8 Å². The van der Waals surface area contributed by atoms with E-state index in [1.54, 1.807) is 0 Å². The standard InChI is InChI=1S/C24H20N2O8/c1-33-23(31)17-6-5-13(9-16(17)12-28)21(29)19(25)7-8-20(26)22(30)14-3-4-15(11-27)18(10-14)24(32)34-2/h3-12H,25-26H2,1-2H3/b19-7-,20-8-. The molecule has 2 aromatic rings. The Morgan fingerprint density at radius 3 is 1.65 bits per heavy atom. The lowest BCUT2D eigenvalue weighted by Gasteiger charge is -2.07. The van der Waals surface area contributed by atoms with Crippen LogP contribution in [0, 0.1) is 0 Å². The fourth-order valence-corrected chi connectivity index (χ4v) is 2.85. The summed E-state index contributed by atoms with van der Waals surface area (Å²) in [7, 11) is 2.28. The van der Waals surface area contributed by atoms with E-state index in [2.05, 4.69) is 9.47 Å². The van der Waals surface area contributed by atoms with Gasteiger partial charge in [-0.2, -0.15) is 0 Å². The summed E-state index contributed by atoms with van der Waals surface area (Å²) in [6.45, 7) is 0. The van der Waals surface area contributed by atoms with Crippen molar-refractivity contribution < 1.29 is 38.2 Å². The van der Waals surface area contributed by atoms with Gasteiger partial charge in [0.15, 0.2) is 12.6 Å². The fraction of sp³-hybridized carbons (Fsp3) is 0.0833. The van der Waals surface area contributed by atoms with E-state index in [1.165, 1.54) is 36.4 Å². The summed E-state index contributed by atoms with van der Waals surface area (Å²) in [5.74, 6) is -2.92. The highest BCUT2D eigenvalue weighted by atomic mass is 16.5. The molecule has 0 radical (unpaired) electrons. The van der Waals surface area contributed by atoms with Gasteiger partial charge in [0.2, 0.25) is 11.6 Å². The normalized spacial score (nSPS) is 11.4. The average molecular weight is 464 g/mol. The maximum absolute atomic E-state index is 12.6. The van der Waals surface area contributed by atoms with Crippen LogP contribution in [0.15, 0.2) is 59.9 Å². The van der Waals surface area contributed by atoms with E-state index in [1.807, 2.05) is 0 Å². The van der Waals surface area contributed by atoms with Gasteiger partial charge < -0.3 is 20.9 Å². The average Bonchev–Trinajstić information content (AvgIpc) is 2.88. The number of aldehydes is 2. The first-order chi connectivity index (χ1) is 16.2. The molecule has 0 aromatic heterocycles. The first-order valence-electron chi connectivity index (χ1n) is 9.55. The number of hydrogen-bond donors (Lipinski definition) is 2. The van der Waals surface area contributed by atoms with Crippen molar-refractivity contribution in [2.45, 2.75) is 0 Å². The molecule has 0 bridgehead atoms. The van der Waals surface area contributed by atoms with Crippen molar-refractivity contribution in [1.82, 2.24) is 0 Å². The minimum Gasteiger partial charge on any atom is -0.465 e. The van der Waals surface area contributed by atoms with E-state index in [-0.39, 0.29) is 44.8 Å². The Balaban J connectivity index is 2.31. The first kappa shape index (κ1) is 25.4. The van der Waals surface area contributed by atoms with Crippen molar-refractivity contribution in [3.8, 4) is 0 Å². The lowest BCUT2D eigenvalue weighted by Crippen LogP contribution is -2.15. The maximum atomic E-state index is 12.6. The molecule has 0 atom stereocenters. The number of benzene rings is 2. The summed E-state index contributed by atoms with van der Waals surface area (Å²) in [5, 5.41) is 0. The molecule has 10 nitrogen and oxygen atoms in total. The Bertz CT molecular complexity index is 1260. The molecule has 4 N–H and O–H groups in total. The Hall–Kier alpha value is -4.86. The second-order valence-electron chi connectivity index (χ2n) is 6.73. The van der Waals surface area contributed by atoms with Crippen LogP contribution in [0.1, 0.15) is 62.1 Å². The zero-order valence-corrected chi connectivity index (χ0v) is 18.2. The predicted molar refractivity (Wildman–Crippen MR) is 120 cm³/mol. The van der Waals surface area contributed by atoms with Gasteiger partial charge in [-0.05, 0) is 30.4 Å². The molecule has 0 aliphatic rings. The Morgan fingerprint density at radius 2 is 1.15 bits per heavy atom. The molecule has 174 valence electrons. The van der Waals surface area contributed by atoms with E-state index in [0.29, 0.717) is 12.6 Å². The Kier molecular flexibility index (Phi) is 8.32. The summed E-state index contributed by atoms with van der Waals surface area (Å²) >= 11 is 0. The number of carbonyl (C=O) groups excluding carboxylic acids is 6. The number of hydrogen-bond acceptors (Lipinski definition) is 10. The van der Waals surface area contributed by atoms with Crippen LogP contribution >= 0.6 is 0 Å².